The highest BCUT2D eigenvalue weighted by molar-refractivity contribution is 7.92. The van der Waals surface area contributed by atoms with E-state index >= 15 is 0 Å². The Balaban J connectivity index is 1.74. The molecule has 0 amide bonds. The van der Waals surface area contributed by atoms with Crippen molar-refractivity contribution in [3.8, 4) is 5.69 Å². The van der Waals surface area contributed by atoms with Crippen LogP contribution in [0.3, 0.4) is 0 Å². The molecule has 0 spiro atoms. The Kier molecular flexibility index (Phi) is 5.60. The van der Waals surface area contributed by atoms with Gasteiger partial charge in [0.1, 0.15) is 17.5 Å². The molecule has 0 fully saturated rings. The summed E-state index contributed by atoms with van der Waals surface area (Å²) in [5.41, 5.74) is 8.19. The zero-order valence-corrected chi connectivity index (χ0v) is 18.8. The van der Waals surface area contributed by atoms with Gasteiger partial charge in [-0.1, -0.05) is 26.0 Å². The van der Waals surface area contributed by atoms with Gasteiger partial charge in [-0.25, -0.2) is 22.5 Å². The van der Waals surface area contributed by atoms with Gasteiger partial charge in [0.2, 0.25) is 0 Å². The maximum atomic E-state index is 14.5. The van der Waals surface area contributed by atoms with Crippen molar-refractivity contribution >= 4 is 32.6 Å². The first-order chi connectivity index (χ1) is 15.1. The largest absolute Gasteiger partial charge is 0.384 e. The highest BCUT2D eigenvalue weighted by Crippen LogP contribution is 2.27. The van der Waals surface area contributed by atoms with Crippen LogP contribution in [-0.4, -0.2) is 23.2 Å². The number of nitrogens with zero attached hydrogens (tertiary/aromatic N) is 3. The van der Waals surface area contributed by atoms with Crippen molar-refractivity contribution in [3.05, 3.63) is 71.7 Å². The number of aryl methyl sites for hydroxylation is 1. The fourth-order valence-corrected chi connectivity index (χ4v) is 4.64. The molecule has 0 atom stereocenters. The second-order valence-corrected chi connectivity index (χ2v) is 9.80. The van der Waals surface area contributed by atoms with E-state index in [0.717, 1.165) is 11.5 Å². The van der Waals surface area contributed by atoms with Crippen molar-refractivity contribution in [1.29, 1.82) is 0 Å². The lowest BCUT2D eigenvalue weighted by molar-refractivity contribution is 0.567. The predicted octanol–water partition coefficient (Wildman–Crippen LogP) is 4.45. The second kappa shape index (κ2) is 8.23. The van der Waals surface area contributed by atoms with Crippen LogP contribution in [0, 0.1) is 18.7 Å². The van der Waals surface area contributed by atoms with Crippen LogP contribution in [0.4, 0.5) is 16.0 Å². The SMILES string of the molecule is Cc1cc(NS(=O)(=O)c2ccc(CC(C)C)c(F)c2)n(-c2cccc3nc(N)ccc23)n1. The topological polar surface area (TPSA) is 103 Å². The Hall–Kier alpha value is -3.46. The maximum absolute atomic E-state index is 14.5. The highest BCUT2D eigenvalue weighted by atomic mass is 32.2. The number of nitrogen functional groups attached to an aromatic ring is 1. The lowest BCUT2D eigenvalue weighted by atomic mass is 10.0. The normalized spacial score (nSPS) is 11.9. The third-order valence-electron chi connectivity index (χ3n) is 4.99. The summed E-state index contributed by atoms with van der Waals surface area (Å²) in [6, 6.07) is 14.5. The maximum Gasteiger partial charge on any atom is 0.263 e. The minimum absolute atomic E-state index is 0.153. The molecule has 0 unspecified atom stereocenters. The minimum atomic E-state index is -4.04. The molecule has 4 rings (SSSR count). The summed E-state index contributed by atoms with van der Waals surface area (Å²) < 4.78 is 44.6. The van der Waals surface area contributed by atoms with E-state index < -0.39 is 15.8 Å². The Morgan fingerprint density at radius 3 is 2.62 bits per heavy atom. The average molecular weight is 454 g/mol. The number of hydrogen-bond acceptors (Lipinski definition) is 5. The molecule has 2 aromatic carbocycles. The van der Waals surface area contributed by atoms with Gasteiger partial charge in [-0.15, -0.1) is 0 Å². The average Bonchev–Trinajstić information content (AvgIpc) is 3.07. The molecule has 3 N–H and O–H groups in total. The lowest BCUT2D eigenvalue weighted by Crippen LogP contribution is -2.16. The van der Waals surface area contributed by atoms with Crippen molar-refractivity contribution < 1.29 is 12.8 Å². The van der Waals surface area contributed by atoms with Gasteiger partial charge in [0.15, 0.2) is 0 Å². The van der Waals surface area contributed by atoms with Crippen LogP contribution in [0.5, 0.6) is 0 Å². The minimum Gasteiger partial charge on any atom is -0.384 e. The summed E-state index contributed by atoms with van der Waals surface area (Å²) in [6.45, 7) is 5.72. The Morgan fingerprint density at radius 1 is 1.12 bits per heavy atom. The fraction of sp³-hybridized carbons (Fsp3) is 0.217. The van der Waals surface area contributed by atoms with Crippen LogP contribution in [0.25, 0.3) is 16.6 Å². The number of anilines is 2. The van der Waals surface area contributed by atoms with Crippen LogP contribution in [-0.2, 0) is 16.4 Å². The summed E-state index contributed by atoms with van der Waals surface area (Å²) in [5.74, 6) is 0.338. The summed E-state index contributed by atoms with van der Waals surface area (Å²) in [6.07, 6.45) is 0.533. The number of benzene rings is 2. The van der Waals surface area contributed by atoms with Crippen LogP contribution in [0.2, 0.25) is 0 Å². The summed E-state index contributed by atoms with van der Waals surface area (Å²) in [5, 5.41) is 5.21. The van der Waals surface area contributed by atoms with E-state index in [9.17, 15) is 12.8 Å². The third kappa shape index (κ3) is 4.29. The molecule has 0 aliphatic rings. The van der Waals surface area contributed by atoms with Crippen molar-refractivity contribution in [2.75, 3.05) is 10.5 Å². The van der Waals surface area contributed by atoms with Crippen molar-refractivity contribution in [2.45, 2.75) is 32.1 Å². The lowest BCUT2D eigenvalue weighted by Gasteiger charge is -2.13. The highest BCUT2D eigenvalue weighted by Gasteiger charge is 2.21. The van der Waals surface area contributed by atoms with Gasteiger partial charge >= 0.3 is 0 Å². The zero-order valence-electron chi connectivity index (χ0n) is 18.0. The second-order valence-electron chi connectivity index (χ2n) is 8.12. The number of pyridine rings is 1. The fourth-order valence-electron chi connectivity index (χ4n) is 3.59. The summed E-state index contributed by atoms with van der Waals surface area (Å²) >= 11 is 0. The van der Waals surface area contributed by atoms with E-state index in [2.05, 4.69) is 14.8 Å². The molecule has 0 radical (unpaired) electrons. The van der Waals surface area contributed by atoms with Gasteiger partial charge < -0.3 is 5.73 Å². The van der Waals surface area contributed by atoms with E-state index in [0.29, 0.717) is 34.7 Å². The van der Waals surface area contributed by atoms with E-state index in [1.54, 1.807) is 25.1 Å². The standard InChI is InChI=1S/C23H24FN5O2S/c1-14(2)11-16-7-8-17(13-19(16)24)32(30,31)28-23-12-15(3)27-29(23)21-6-4-5-20-18(21)9-10-22(25)26-20/h4-10,12-14,28H,11H2,1-3H3,(H2,25,26). The molecular formula is C23H24FN5O2S. The molecule has 2 heterocycles. The van der Waals surface area contributed by atoms with Crippen LogP contribution < -0.4 is 10.5 Å². The first-order valence-corrected chi connectivity index (χ1v) is 11.7. The molecule has 9 heteroatoms. The molecule has 0 saturated heterocycles. The zero-order chi connectivity index (χ0) is 23.0. The Labute approximate surface area is 186 Å². The molecular weight excluding hydrogens is 429 g/mol. The smallest absolute Gasteiger partial charge is 0.263 e. The Morgan fingerprint density at radius 2 is 1.91 bits per heavy atom. The first kappa shape index (κ1) is 21.8. The number of hydrogen-bond donors (Lipinski definition) is 2. The van der Waals surface area contributed by atoms with Gasteiger partial charge in [0, 0.05) is 11.5 Å². The number of nitrogens with one attached hydrogen (secondary N) is 1. The Bertz CT molecular complexity index is 1410. The van der Waals surface area contributed by atoms with Gasteiger partial charge in [0.05, 0.1) is 21.8 Å². The molecule has 7 nitrogen and oxygen atoms in total. The van der Waals surface area contributed by atoms with Gasteiger partial charge in [-0.2, -0.15) is 5.10 Å². The van der Waals surface area contributed by atoms with E-state index in [-0.39, 0.29) is 16.6 Å². The van der Waals surface area contributed by atoms with Gasteiger partial charge in [-0.05, 0) is 61.2 Å². The van der Waals surface area contributed by atoms with Crippen molar-refractivity contribution in [3.63, 3.8) is 0 Å². The number of halogens is 1. The van der Waals surface area contributed by atoms with Crippen LogP contribution >= 0.6 is 0 Å². The van der Waals surface area contributed by atoms with Crippen molar-refractivity contribution in [1.82, 2.24) is 14.8 Å². The molecule has 0 bridgehead atoms. The molecule has 0 saturated carbocycles. The number of aromatic nitrogens is 3. The molecule has 4 aromatic rings. The number of nitrogens with two attached hydrogens (primary N) is 1. The number of fused-ring (bicyclic) bond motifs is 1. The molecule has 166 valence electrons. The van der Waals surface area contributed by atoms with Crippen LogP contribution in [0.1, 0.15) is 25.1 Å². The number of sulfonamides is 1. The number of rotatable bonds is 6. The molecule has 0 aliphatic heterocycles. The van der Waals surface area contributed by atoms with Crippen molar-refractivity contribution in [2.24, 2.45) is 5.92 Å². The monoisotopic (exact) mass is 453 g/mol. The summed E-state index contributed by atoms with van der Waals surface area (Å²) in [7, 11) is -4.04. The van der Waals surface area contributed by atoms with Crippen LogP contribution in [0.15, 0.2) is 59.5 Å². The quantitative estimate of drug-likeness (QED) is 0.449. The molecule has 0 aliphatic carbocycles. The van der Waals surface area contributed by atoms with Gasteiger partial charge in [-0.3, -0.25) is 4.72 Å². The van der Waals surface area contributed by atoms with E-state index in [4.69, 9.17) is 5.73 Å². The van der Waals surface area contributed by atoms with Gasteiger partial charge in [0.25, 0.3) is 10.0 Å². The summed E-state index contributed by atoms with van der Waals surface area (Å²) in [4.78, 5) is 4.16. The molecule has 2 aromatic heterocycles. The predicted molar refractivity (Wildman–Crippen MR) is 124 cm³/mol. The third-order valence-corrected chi connectivity index (χ3v) is 6.34. The van der Waals surface area contributed by atoms with E-state index in [1.165, 1.54) is 16.8 Å². The molecule has 32 heavy (non-hydrogen) atoms. The van der Waals surface area contributed by atoms with E-state index in [1.807, 2.05) is 32.0 Å². The first-order valence-electron chi connectivity index (χ1n) is 10.2.